The number of hydrogen-bond acceptors (Lipinski definition) is 7. The van der Waals surface area contributed by atoms with Crippen LogP contribution in [0, 0.1) is 10.1 Å². The molecule has 8 heteroatoms. The highest BCUT2D eigenvalue weighted by molar-refractivity contribution is 7.18. The fourth-order valence-electron chi connectivity index (χ4n) is 0.928. The van der Waals surface area contributed by atoms with Gasteiger partial charge in [-0.25, -0.2) is 4.79 Å². The van der Waals surface area contributed by atoms with Crippen LogP contribution in [0.2, 0.25) is 0 Å². The van der Waals surface area contributed by atoms with Gasteiger partial charge in [0.2, 0.25) is 0 Å². The number of esters is 1. The first-order valence-corrected chi connectivity index (χ1v) is 5.07. The molecule has 0 aliphatic rings. The van der Waals surface area contributed by atoms with Crippen LogP contribution < -0.4 is 5.73 Å². The van der Waals surface area contributed by atoms with Crippen molar-refractivity contribution < 1.29 is 19.2 Å². The maximum atomic E-state index is 11.4. The molecule has 0 aliphatic carbocycles. The predicted octanol–water partition coefficient (Wildman–Crippen LogP) is 1.04. The van der Waals surface area contributed by atoms with E-state index >= 15 is 0 Å². The number of hydrogen-bond donors (Lipinski definition) is 1. The van der Waals surface area contributed by atoms with Crippen LogP contribution >= 0.6 is 11.3 Å². The number of nitro groups is 1. The molecule has 16 heavy (non-hydrogen) atoms. The third-order valence-corrected chi connectivity index (χ3v) is 2.59. The maximum Gasteiger partial charge on any atom is 0.348 e. The fraction of sp³-hybridized carbons (Fsp3) is 0.375. The lowest BCUT2D eigenvalue weighted by molar-refractivity contribution is -0.383. The summed E-state index contributed by atoms with van der Waals surface area (Å²) in [6, 6.07) is 1.11. The van der Waals surface area contributed by atoms with Gasteiger partial charge in [0.05, 0.1) is 11.5 Å². The van der Waals surface area contributed by atoms with Gasteiger partial charge in [-0.3, -0.25) is 10.1 Å². The molecule has 0 bridgehead atoms. The zero-order valence-electron chi connectivity index (χ0n) is 8.47. The predicted molar refractivity (Wildman–Crippen MR) is 57.5 cm³/mol. The highest BCUT2D eigenvalue weighted by atomic mass is 32.1. The molecule has 0 aliphatic heterocycles. The Kier molecular flexibility index (Phi) is 4.20. The largest absolute Gasteiger partial charge is 0.459 e. The van der Waals surface area contributed by atoms with E-state index in [4.69, 9.17) is 10.5 Å². The molecule has 0 aromatic carbocycles. The van der Waals surface area contributed by atoms with E-state index in [1.807, 2.05) is 0 Å². The first kappa shape index (κ1) is 12.4. The van der Waals surface area contributed by atoms with Crippen LogP contribution in [0.25, 0.3) is 0 Å². The Bertz CT molecular complexity index is 403. The lowest BCUT2D eigenvalue weighted by Crippen LogP contribution is -2.08. The zero-order valence-corrected chi connectivity index (χ0v) is 9.28. The first-order chi connectivity index (χ1) is 7.56. The van der Waals surface area contributed by atoms with E-state index in [-0.39, 0.29) is 28.8 Å². The average Bonchev–Trinajstić information content (AvgIpc) is 2.60. The molecular formula is C8H10N2O5S. The van der Waals surface area contributed by atoms with Crippen molar-refractivity contribution >= 4 is 28.0 Å². The SMILES string of the molecule is COCCOC(=O)c1cc([N+](=O)[O-])c(N)s1. The smallest absolute Gasteiger partial charge is 0.348 e. The van der Waals surface area contributed by atoms with E-state index in [0.717, 1.165) is 17.4 Å². The molecule has 0 spiro atoms. The average molecular weight is 246 g/mol. The second kappa shape index (κ2) is 5.42. The third kappa shape index (κ3) is 2.91. The molecule has 0 fully saturated rings. The van der Waals surface area contributed by atoms with Crippen molar-refractivity contribution in [1.29, 1.82) is 0 Å². The van der Waals surface area contributed by atoms with Crippen LogP contribution in [0.4, 0.5) is 10.7 Å². The molecule has 0 unspecified atom stereocenters. The minimum atomic E-state index is -0.641. The minimum Gasteiger partial charge on any atom is -0.459 e. The number of carbonyl (C=O) groups excluding carboxylic acids is 1. The highest BCUT2D eigenvalue weighted by Gasteiger charge is 2.21. The van der Waals surface area contributed by atoms with Crippen molar-refractivity contribution in [3.8, 4) is 0 Å². The Morgan fingerprint density at radius 3 is 2.81 bits per heavy atom. The van der Waals surface area contributed by atoms with Gasteiger partial charge < -0.3 is 15.2 Å². The Morgan fingerprint density at radius 2 is 2.31 bits per heavy atom. The quantitative estimate of drug-likeness (QED) is 0.360. The topological polar surface area (TPSA) is 105 Å². The first-order valence-electron chi connectivity index (χ1n) is 4.26. The molecule has 88 valence electrons. The maximum absolute atomic E-state index is 11.4. The summed E-state index contributed by atoms with van der Waals surface area (Å²) in [5, 5.41) is 10.5. The molecular weight excluding hydrogens is 236 g/mol. The molecule has 0 radical (unpaired) electrons. The van der Waals surface area contributed by atoms with Crippen LogP contribution in [0.15, 0.2) is 6.07 Å². The van der Waals surface area contributed by atoms with Gasteiger partial charge in [-0.1, -0.05) is 0 Å². The van der Waals surface area contributed by atoms with Gasteiger partial charge in [-0.15, -0.1) is 11.3 Å². The number of carbonyl (C=O) groups is 1. The van der Waals surface area contributed by atoms with Gasteiger partial charge >= 0.3 is 11.7 Å². The van der Waals surface area contributed by atoms with E-state index in [1.165, 1.54) is 7.11 Å². The molecule has 0 amide bonds. The Morgan fingerprint density at radius 1 is 1.62 bits per heavy atom. The molecule has 1 heterocycles. The summed E-state index contributed by atoms with van der Waals surface area (Å²) in [4.78, 5) is 21.3. The molecule has 1 aromatic heterocycles. The lowest BCUT2D eigenvalue weighted by Gasteiger charge is -2.00. The Balaban J connectivity index is 2.69. The molecule has 7 nitrogen and oxygen atoms in total. The van der Waals surface area contributed by atoms with Crippen LogP contribution in [0.3, 0.4) is 0 Å². The van der Waals surface area contributed by atoms with E-state index in [0.29, 0.717) is 0 Å². The van der Waals surface area contributed by atoms with Crippen LogP contribution in [-0.2, 0) is 9.47 Å². The van der Waals surface area contributed by atoms with Gasteiger partial charge in [0.25, 0.3) is 0 Å². The number of nitrogens with zero attached hydrogens (tertiary/aromatic N) is 1. The van der Waals surface area contributed by atoms with Crippen LogP contribution in [0.5, 0.6) is 0 Å². The number of thiophene rings is 1. The molecule has 0 atom stereocenters. The summed E-state index contributed by atoms with van der Waals surface area (Å²) in [7, 11) is 1.47. The number of nitrogen functional groups attached to an aromatic ring is 1. The van der Waals surface area contributed by atoms with Crippen molar-refractivity contribution in [3.63, 3.8) is 0 Å². The number of ether oxygens (including phenoxy) is 2. The van der Waals surface area contributed by atoms with Gasteiger partial charge in [-0.2, -0.15) is 0 Å². The lowest BCUT2D eigenvalue weighted by atomic mass is 10.4. The number of nitrogens with two attached hydrogens (primary N) is 1. The second-order valence-corrected chi connectivity index (χ2v) is 3.83. The van der Waals surface area contributed by atoms with Crippen LogP contribution in [0.1, 0.15) is 9.67 Å². The summed E-state index contributed by atoms with van der Waals surface area (Å²) in [6.07, 6.45) is 0. The Labute approximate surface area is 94.9 Å². The minimum absolute atomic E-state index is 0.0105. The van der Waals surface area contributed by atoms with E-state index < -0.39 is 10.9 Å². The summed E-state index contributed by atoms with van der Waals surface area (Å²) in [5.41, 5.74) is 5.10. The molecule has 1 rings (SSSR count). The standard InChI is InChI=1S/C8H10N2O5S/c1-14-2-3-15-8(11)6-4-5(10(12)13)7(9)16-6/h4H,2-3,9H2,1H3. The summed E-state index contributed by atoms with van der Waals surface area (Å²) >= 11 is 0.830. The molecule has 0 saturated heterocycles. The van der Waals surface area contributed by atoms with Gasteiger partial charge in [0.15, 0.2) is 5.00 Å². The second-order valence-electron chi connectivity index (χ2n) is 2.75. The summed E-state index contributed by atoms with van der Waals surface area (Å²) in [6.45, 7) is 0.371. The van der Waals surface area contributed by atoms with E-state index in [1.54, 1.807) is 0 Å². The normalized spacial score (nSPS) is 10.1. The summed E-state index contributed by atoms with van der Waals surface area (Å²) in [5.74, 6) is -0.637. The Hall–Kier alpha value is -1.67. The molecule has 1 aromatic rings. The summed E-state index contributed by atoms with van der Waals surface area (Å²) < 4.78 is 9.47. The van der Waals surface area contributed by atoms with Crippen LogP contribution in [-0.4, -0.2) is 31.2 Å². The van der Waals surface area contributed by atoms with Gasteiger partial charge in [0, 0.05) is 13.2 Å². The highest BCUT2D eigenvalue weighted by Crippen LogP contribution is 2.31. The van der Waals surface area contributed by atoms with Gasteiger partial charge in [0.1, 0.15) is 11.5 Å². The van der Waals surface area contributed by atoms with Crippen molar-refractivity contribution in [2.75, 3.05) is 26.1 Å². The number of methoxy groups -OCH3 is 1. The van der Waals surface area contributed by atoms with E-state index in [9.17, 15) is 14.9 Å². The monoisotopic (exact) mass is 246 g/mol. The number of anilines is 1. The molecule has 0 saturated carbocycles. The molecule has 2 N–H and O–H groups in total. The fourth-order valence-corrected chi connectivity index (χ4v) is 1.72. The van der Waals surface area contributed by atoms with Crippen molar-refractivity contribution in [2.24, 2.45) is 0 Å². The zero-order chi connectivity index (χ0) is 12.1. The van der Waals surface area contributed by atoms with E-state index in [2.05, 4.69) is 4.74 Å². The number of rotatable bonds is 5. The van der Waals surface area contributed by atoms with Crippen molar-refractivity contribution in [1.82, 2.24) is 0 Å². The third-order valence-electron chi connectivity index (χ3n) is 1.66. The van der Waals surface area contributed by atoms with Gasteiger partial charge in [-0.05, 0) is 0 Å². The van der Waals surface area contributed by atoms with Crippen molar-refractivity contribution in [3.05, 3.63) is 21.1 Å². The van der Waals surface area contributed by atoms with Crippen molar-refractivity contribution in [2.45, 2.75) is 0 Å².